The first-order chi connectivity index (χ1) is 13.6. The summed E-state index contributed by atoms with van der Waals surface area (Å²) in [6.07, 6.45) is 4.99. The number of nitrogens with zero attached hydrogens (tertiary/aromatic N) is 6. The van der Waals surface area contributed by atoms with Crippen LogP contribution in [0.1, 0.15) is 18.4 Å². The highest BCUT2D eigenvalue weighted by Gasteiger charge is 2.28. The number of pyridine rings is 2. The van der Waals surface area contributed by atoms with Gasteiger partial charge in [-0.2, -0.15) is 9.57 Å². The summed E-state index contributed by atoms with van der Waals surface area (Å²) in [4.78, 5) is 13.2. The third-order valence-electron chi connectivity index (χ3n) is 5.23. The standard InChI is InChI=1S/C19H22N6O2S/c20-14-16-4-3-7-21-19(16)24-12-10-23(11-13-24)18-6-5-17(15-22-18)28(26,27)25-8-1-2-9-25/h3-7,15H,1-2,8-13H2. The maximum Gasteiger partial charge on any atom is 0.244 e. The summed E-state index contributed by atoms with van der Waals surface area (Å²) < 4.78 is 26.8. The van der Waals surface area contributed by atoms with Crippen LogP contribution in [0.2, 0.25) is 0 Å². The molecule has 2 aromatic rings. The first-order valence-electron chi connectivity index (χ1n) is 9.41. The number of sulfonamides is 1. The monoisotopic (exact) mass is 398 g/mol. The average Bonchev–Trinajstić information content (AvgIpc) is 3.30. The molecule has 0 N–H and O–H groups in total. The first-order valence-corrected chi connectivity index (χ1v) is 10.8. The van der Waals surface area contributed by atoms with Gasteiger partial charge in [0.15, 0.2) is 0 Å². The number of hydrogen-bond acceptors (Lipinski definition) is 7. The van der Waals surface area contributed by atoms with Crippen LogP contribution in [0, 0.1) is 11.3 Å². The lowest BCUT2D eigenvalue weighted by molar-refractivity contribution is 0.477. The molecule has 0 aliphatic carbocycles. The van der Waals surface area contributed by atoms with Gasteiger partial charge in [0.05, 0.1) is 5.56 Å². The molecule has 0 spiro atoms. The molecule has 9 heteroatoms. The van der Waals surface area contributed by atoms with Crippen LogP contribution in [0.15, 0.2) is 41.6 Å². The van der Waals surface area contributed by atoms with Gasteiger partial charge in [0.1, 0.15) is 22.6 Å². The second-order valence-corrected chi connectivity index (χ2v) is 8.86. The highest BCUT2D eigenvalue weighted by molar-refractivity contribution is 7.89. The number of aromatic nitrogens is 2. The lowest BCUT2D eigenvalue weighted by atomic mass is 10.2. The second kappa shape index (κ2) is 7.73. The van der Waals surface area contributed by atoms with Gasteiger partial charge in [-0.3, -0.25) is 0 Å². The molecular formula is C19H22N6O2S. The van der Waals surface area contributed by atoms with Crippen LogP contribution in [0.25, 0.3) is 0 Å². The van der Waals surface area contributed by atoms with E-state index < -0.39 is 10.0 Å². The van der Waals surface area contributed by atoms with Gasteiger partial charge >= 0.3 is 0 Å². The molecule has 0 bridgehead atoms. The molecule has 0 amide bonds. The fraction of sp³-hybridized carbons (Fsp3) is 0.421. The van der Waals surface area contributed by atoms with Crippen LogP contribution in [0.5, 0.6) is 0 Å². The Bertz CT molecular complexity index is 972. The second-order valence-electron chi connectivity index (χ2n) is 6.92. The maximum atomic E-state index is 12.6. The highest BCUT2D eigenvalue weighted by atomic mass is 32.2. The zero-order chi connectivity index (χ0) is 19.6. The third kappa shape index (κ3) is 3.53. The van der Waals surface area contributed by atoms with Gasteiger partial charge in [0.25, 0.3) is 0 Å². The van der Waals surface area contributed by atoms with Crippen LogP contribution in [0.3, 0.4) is 0 Å². The molecule has 0 saturated carbocycles. The quantitative estimate of drug-likeness (QED) is 0.770. The molecule has 0 aromatic carbocycles. The van der Waals surface area contributed by atoms with Crippen LogP contribution in [-0.4, -0.2) is 62.0 Å². The van der Waals surface area contributed by atoms with Crippen molar-refractivity contribution in [3.8, 4) is 6.07 Å². The molecule has 2 fully saturated rings. The Morgan fingerprint density at radius 3 is 2.29 bits per heavy atom. The van der Waals surface area contributed by atoms with Crippen LogP contribution >= 0.6 is 0 Å². The molecule has 28 heavy (non-hydrogen) atoms. The predicted molar refractivity (Wildman–Crippen MR) is 106 cm³/mol. The van der Waals surface area contributed by atoms with Gasteiger partial charge in [-0.1, -0.05) is 0 Å². The van der Waals surface area contributed by atoms with Gasteiger partial charge in [0.2, 0.25) is 10.0 Å². The topological polar surface area (TPSA) is 93.4 Å². The predicted octanol–water partition coefficient (Wildman–Crippen LogP) is 1.46. The zero-order valence-corrected chi connectivity index (χ0v) is 16.3. The molecule has 2 aliphatic rings. The Hall–Kier alpha value is -2.70. The van der Waals surface area contributed by atoms with Gasteiger partial charge in [0, 0.05) is 51.7 Å². The van der Waals surface area contributed by atoms with Gasteiger partial charge in [-0.25, -0.2) is 18.4 Å². The SMILES string of the molecule is N#Cc1cccnc1N1CCN(c2ccc(S(=O)(=O)N3CCCC3)cn2)CC1. The number of rotatable bonds is 4. The summed E-state index contributed by atoms with van der Waals surface area (Å²) >= 11 is 0. The van der Waals surface area contributed by atoms with E-state index in [9.17, 15) is 13.7 Å². The van der Waals surface area contributed by atoms with Crippen molar-refractivity contribution in [1.82, 2.24) is 14.3 Å². The van der Waals surface area contributed by atoms with Crippen molar-refractivity contribution in [2.24, 2.45) is 0 Å². The minimum atomic E-state index is -3.43. The molecule has 8 nitrogen and oxygen atoms in total. The van der Waals surface area contributed by atoms with Crippen molar-refractivity contribution in [3.05, 3.63) is 42.2 Å². The maximum absolute atomic E-state index is 12.6. The molecule has 2 aromatic heterocycles. The third-order valence-corrected chi connectivity index (χ3v) is 7.12. The van der Waals surface area contributed by atoms with Crippen molar-refractivity contribution in [3.63, 3.8) is 0 Å². The Kier molecular flexibility index (Phi) is 5.15. The molecule has 146 valence electrons. The lowest BCUT2D eigenvalue weighted by Gasteiger charge is -2.36. The van der Waals surface area contributed by atoms with E-state index >= 15 is 0 Å². The van der Waals surface area contributed by atoms with Crippen molar-refractivity contribution in [2.45, 2.75) is 17.7 Å². The summed E-state index contributed by atoms with van der Waals surface area (Å²) in [5, 5.41) is 9.26. The molecule has 4 heterocycles. The van der Waals surface area contributed by atoms with E-state index in [0.717, 1.165) is 44.8 Å². The summed E-state index contributed by atoms with van der Waals surface area (Å²) in [5.41, 5.74) is 0.575. The van der Waals surface area contributed by atoms with Gasteiger partial charge < -0.3 is 9.80 Å². The lowest BCUT2D eigenvalue weighted by Crippen LogP contribution is -2.47. The summed E-state index contributed by atoms with van der Waals surface area (Å²) in [5.74, 6) is 1.48. The molecule has 2 saturated heterocycles. The molecule has 0 atom stereocenters. The Balaban J connectivity index is 1.43. The fourth-order valence-electron chi connectivity index (χ4n) is 3.67. The Morgan fingerprint density at radius 1 is 0.929 bits per heavy atom. The van der Waals surface area contributed by atoms with Crippen molar-refractivity contribution < 1.29 is 8.42 Å². The Labute approximate surface area is 165 Å². The molecular weight excluding hydrogens is 376 g/mol. The normalized spacial score (nSPS) is 18.2. The smallest absolute Gasteiger partial charge is 0.244 e. The minimum absolute atomic E-state index is 0.254. The van der Waals surface area contributed by atoms with Crippen molar-refractivity contribution in [1.29, 1.82) is 5.26 Å². The molecule has 0 unspecified atom stereocenters. The van der Waals surface area contributed by atoms with E-state index in [2.05, 4.69) is 25.8 Å². The summed E-state index contributed by atoms with van der Waals surface area (Å²) in [7, 11) is -3.43. The van der Waals surface area contributed by atoms with Crippen molar-refractivity contribution >= 4 is 21.7 Å². The van der Waals surface area contributed by atoms with E-state index in [0.29, 0.717) is 24.5 Å². The van der Waals surface area contributed by atoms with E-state index in [-0.39, 0.29) is 4.90 Å². The van der Waals surface area contributed by atoms with Crippen LogP contribution in [0.4, 0.5) is 11.6 Å². The number of nitriles is 1. The number of anilines is 2. The number of hydrogen-bond donors (Lipinski definition) is 0. The van der Waals surface area contributed by atoms with E-state index in [1.165, 1.54) is 10.5 Å². The van der Waals surface area contributed by atoms with E-state index in [1.54, 1.807) is 30.5 Å². The van der Waals surface area contributed by atoms with Gasteiger partial charge in [-0.15, -0.1) is 0 Å². The fourth-order valence-corrected chi connectivity index (χ4v) is 5.14. The first kappa shape index (κ1) is 18.7. The summed E-state index contributed by atoms with van der Waals surface area (Å²) in [6.45, 7) is 4.08. The highest BCUT2D eigenvalue weighted by Crippen LogP contribution is 2.23. The van der Waals surface area contributed by atoms with E-state index in [4.69, 9.17) is 0 Å². The van der Waals surface area contributed by atoms with Crippen LogP contribution in [-0.2, 0) is 10.0 Å². The zero-order valence-electron chi connectivity index (χ0n) is 15.5. The van der Waals surface area contributed by atoms with Crippen LogP contribution < -0.4 is 9.80 Å². The molecule has 2 aliphatic heterocycles. The number of piperazine rings is 1. The average molecular weight is 398 g/mol. The Morgan fingerprint density at radius 2 is 1.64 bits per heavy atom. The summed E-state index contributed by atoms with van der Waals surface area (Å²) in [6, 6.07) is 9.15. The largest absolute Gasteiger partial charge is 0.353 e. The van der Waals surface area contributed by atoms with Crippen molar-refractivity contribution in [2.75, 3.05) is 49.1 Å². The molecule has 0 radical (unpaired) electrons. The van der Waals surface area contributed by atoms with Gasteiger partial charge in [-0.05, 0) is 37.1 Å². The minimum Gasteiger partial charge on any atom is -0.353 e. The molecule has 4 rings (SSSR count). The van der Waals surface area contributed by atoms with E-state index in [1.807, 2.05) is 0 Å².